The summed E-state index contributed by atoms with van der Waals surface area (Å²) in [5.74, 6) is -0.412. The molecule has 0 aliphatic carbocycles. The smallest absolute Gasteiger partial charge is 0.149 e. The summed E-state index contributed by atoms with van der Waals surface area (Å²) in [6.07, 6.45) is 5.46. The first-order valence-electron chi connectivity index (χ1n) is 10.2. The summed E-state index contributed by atoms with van der Waals surface area (Å²) in [7, 11) is 0. The van der Waals surface area contributed by atoms with Gasteiger partial charge in [0.1, 0.15) is 11.7 Å². The molecule has 7 nitrogen and oxygen atoms in total. The highest BCUT2D eigenvalue weighted by Crippen LogP contribution is 2.13. The Hall–Kier alpha value is -1.04. The summed E-state index contributed by atoms with van der Waals surface area (Å²) in [6, 6.07) is 2.15. The highest BCUT2D eigenvalue weighted by atomic mass is 16.6. The maximum atomic E-state index is 12.1. The van der Waals surface area contributed by atoms with Gasteiger partial charge in [-0.05, 0) is 32.1 Å². The average molecular weight is 386 g/mol. The van der Waals surface area contributed by atoms with Crippen LogP contribution in [0.25, 0.3) is 0 Å². The third-order valence-electron chi connectivity index (χ3n) is 4.28. The van der Waals surface area contributed by atoms with E-state index in [1.54, 1.807) is 0 Å². The number of Topliss-reactive ketones (excluding diaryl/α,β-unsaturated/α-hetero) is 1. The van der Waals surface area contributed by atoms with Crippen molar-refractivity contribution < 1.29 is 28.5 Å². The fourth-order valence-electron chi connectivity index (χ4n) is 2.69. The van der Waals surface area contributed by atoms with Crippen LogP contribution in [-0.2, 0) is 28.5 Å². The van der Waals surface area contributed by atoms with Crippen molar-refractivity contribution in [2.45, 2.75) is 44.9 Å². The normalized spacial score (nSPS) is 25.1. The summed E-state index contributed by atoms with van der Waals surface area (Å²) >= 11 is 0. The summed E-state index contributed by atoms with van der Waals surface area (Å²) in [4.78, 5) is 12.1. The first-order valence-corrected chi connectivity index (χ1v) is 10.2. The van der Waals surface area contributed by atoms with E-state index in [-0.39, 0.29) is 5.78 Å². The second-order valence-electron chi connectivity index (χ2n) is 6.52. The Morgan fingerprint density at radius 2 is 1.07 bits per heavy atom. The number of hydrogen-bond donors (Lipinski definition) is 0. The molecule has 0 spiro atoms. The number of nitriles is 1. The fourth-order valence-corrected chi connectivity index (χ4v) is 2.69. The summed E-state index contributed by atoms with van der Waals surface area (Å²) < 4.78 is 27.3. The van der Waals surface area contributed by atoms with Crippen molar-refractivity contribution in [2.24, 2.45) is 5.92 Å². The van der Waals surface area contributed by atoms with E-state index in [9.17, 15) is 10.1 Å². The molecule has 0 bridgehead atoms. The number of hydrogen-bond acceptors (Lipinski definition) is 7. The SMILES string of the molecule is N#C[C@@H]1CCCCOCCOCCOCCOCCOCCCCCC1=O. The molecule has 156 valence electrons. The third-order valence-corrected chi connectivity index (χ3v) is 4.28. The van der Waals surface area contributed by atoms with Gasteiger partial charge in [0.15, 0.2) is 0 Å². The molecule has 0 aromatic rings. The average Bonchev–Trinajstić information content (AvgIpc) is 2.68. The monoisotopic (exact) mass is 385 g/mol. The molecule has 1 saturated heterocycles. The van der Waals surface area contributed by atoms with Gasteiger partial charge in [0, 0.05) is 19.6 Å². The van der Waals surface area contributed by atoms with Crippen molar-refractivity contribution in [1.29, 1.82) is 5.26 Å². The zero-order chi connectivity index (χ0) is 19.4. The topological polar surface area (TPSA) is 87.0 Å². The Kier molecular flexibility index (Phi) is 16.3. The quantitative estimate of drug-likeness (QED) is 0.633. The Bertz CT molecular complexity index is 398. The molecule has 1 heterocycles. The lowest BCUT2D eigenvalue weighted by atomic mass is 9.95. The van der Waals surface area contributed by atoms with Crippen molar-refractivity contribution in [2.75, 3.05) is 66.1 Å². The minimum atomic E-state index is -0.479. The Labute approximate surface area is 163 Å². The van der Waals surface area contributed by atoms with Crippen molar-refractivity contribution in [3.05, 3.63) is 0 Å². The van der Waals surface area contributed by atoms with E-state index in [1.165, 1.54) is 0 Å². The number of rotatable bonds is 0. The lowest BCUT2D eigenvalue weighted by Gasteiger charge is -2.10. The van der Waals surface area contributed by atoms with E-state index in [1.807, 2.05) is 0 Å². The van der Waals surface area contributed by atoms with E-state index in [0.717, 1.165) is 32.1 Å². The summed E-state index contributed by atoms with van der Waals surface area (Å²) in [5, 5.41) is 9.21. The highest BCUT2D eigenvalue weighted by molar-refractivity contribution is 5.83. The van der Waals surface area contributed by atoms with Crippen LogP contribution in [0.2, 0.25) is 0 Å². The minimum absolute atomic E-state index is 0.0674. The molecule has 27 heavy (non-hydrogen) atoms. The maximum Gasteiger partial charge on any atom is 0.149 e. The molecule has 7 heteroatoms. The van der Waals surface area contributed by atoms with Gasteiger partial charge in [-0.25, -0.2) is 0 Å². The van der Waals surface area contributed by atoms with E-state index in [2.05, 4.69) is 6.07 Å². The van der Waals surface area contributed by atoms with E-state index < -0.39 is 5.92 Å². The molecule has 1 rings (SSSR count). The van der Waals surface area contributed by atoms with E-state index in [4.69, 9.17) is 23.7 Å². The maximum absolute atomic E-state index is 12.1. The molecule has 0 unspecified atom stereocenters. The summed E-state index contributed by atoms with van der Waals surface area (Å²) in [6.45, 7) is 5.70. The Morgan fingerprint density at radius 3 is 1.56 bits per heavy atom. The van der Waals surface area contributed by atoms with Gasteiger partial charge in [-0.1, -0.05) is 6.42 Å². The van der Waals surface area contributed by atoms with Gasteiger partial charge < -0.3 is 23.7 Å². The number of ether oxygens (including phenoxy) is 5. The van der Waals surface area contributed by atoms with Crippen LogP contribution in [-0.4, -0.2) is 71.9 Å². The second-order valence-corrected chi connectivity index (χ2v) is 6.52. The van der Waals surface area contributed by atoms with Crippen LogP contribution < -0.4 is 0 Å². The standard InChI is InChI=1S/C20H35NO6/c21-18-19-6-3-5-9-24-11-13-26-15-17-27-16-14-25-12-10-23-8-4-1-2-7-20(19)22/h19H,1-17H2/t19-/m0/s1. The van der Waals surface area contributed by atoms with Gasteiger partial charge >= 0.3 is 0 Å². The molecular formula is C20H35NO6. The minimum Gasteiger partial charge on any atom is -0.379 e. The number of carbonyl (C=O) groups is 1. The molecule has 1 fully saturated rings. The van der Waals surface area contributed by atoms with Gasteiger partial charge in [0.25, 0.3) is 0 Å². The Balaban J connectivity index is 2.22. The van der Waals surface area contributed by atoms with Crippen LogP contribution >= 0.6 is 0 Å². The van der Waals surface area contributed by atoms with Crippen LogP contribution in [0.15, 0.2) is 0 Å². The predicted molar refractivity (Wildman–Crippen MR) is 101 cm³/mol. The molecule has 0 amide bonds. The van der Waals surface area contributed by atoms with Gasteiger partial charge in [0.05, 0.1) is 58.9 Å². The fraction of sp³-hybridized carbons (Fsp3) is 0.900. The van der Waals surface area contributed by atoms with Gasteiger partial charge in [-0.2, -0.15) is 5.26 Å². The van der Waals surface area contributed by atoms with Crippen LogP contribution in [0.5, 0.6) is 0 Å². The first-order chi connectivity index (χ1) is 13.3. The highest BCUT2D eigenvalue weighted by Gasteiger charge is 2.16. The Morgan fingerprint density at radius 1 is 0.630 bits per heavy atom. The molecule has 1 atom stereocenters. The number of nitrogens with zero attached hydrogens (tertiary/aromatic N) is 1. The second kappa shape index (κ2) is 18.3. The lowest BCUT2D eigenvalue weighted by Crippen LogP contribution is -2.14. The van der Waals surface area contributed by atoms with E-state index in [0.29, 0.717) is 78.9 Å². The molecule has 0 N–H and O–H groups in total. The largest absolute Gasteiger partial charge is 0.379 e. The molecule has 0 saturated carbocycles. The van der Waals surface area contributed by atoms with Gasteiger partial charge in [-0.15, -0.1) is 0 Å². The van der Waals surface area contributed by atoms with Crippen molar-refractivity contribution in [1.82, 2.24) is 0 Å². The van der Waals surface area contributed by atoms with Crippen molar-refractivity contribution in [3.8, 4) is 6.07 Å². The lowest BCUT2D eigenvalue weighted by molar-refractivity contribution is -0.121. The van der Waals surface area contributed by atoms with Crippen LogP contribution in [0, 0.1) is 17.2 Å². The molecule has 0 aromatic heterocycles. The van der Waals surface area contributed by atoms with Gasteiger partial charge in [-0.3, -0.25) is 4.79 Å². The van der Waals surface area contributed by atoms with Crippen LogP contribution in [0.3, 0.4) is 0 Å². The first kappa shape index (κ1) is 24.0. The number of ketones is 1. The van der Waals surface area contributed by atoms with Crippen LogP contribution in [0.1, 0.15) is 44.9 Å². The van der Waals surface area contributed by atoms with Crippen molar-refractivity contribution >= 4 is 5.78 Å². The van der Waals surface area contributed by atoms with Gasteiger partial charge in [0.2, 0.25) is 0 Å². The molecule has 0 radical (unpaired) electrons. The molecule has 1 aliphatic rings. The predicted octanol–water partition coefficient (Wildman–Crippen LogP) is 2.52. The zero-order valence-corrected chi connectivity index (χ0v) is 16.5. The third kappa shape index (κ3) is 14.7. The molecule has 0 aromatic carbocycles. The van der Waals surface area contributed by atoms with Crippen molar-refractivity contribution in [3.63, 3.8) is 0 Å². The molecular weight excluding hydrogens is 350 g/mol. The van der Waals surface area contributed by atoms with Crippen LogP contribution in [0.4, 0.5) is 0 Å². The zero-order valence-electron chi connectivity index (χ0n) is 16.5. The summed E-state index contributed by atoms with van der Waals surface area (Å²) in [5.41, 5.74) is 0. The number of carbonyl (C=O) groups excluding carboxylic acids is 1. The molecule has 1 aliphatic heterocycles. The van der Waals surface area contributed by atoms with E-state index >= 15 is 0 Å².